The van der Waals surface area contributed by atoms with Crippen molar-refractivity contribution >= 4 is 15.5 Å². The second kappa shape index (κ2) is 5.54. The van der Waals surface area contributed by atoms with Crippen LogP contribution in [0.3, 0.4) is 0 Å². The number of anilines is 1. The number of nitrogens with one attached hydrogen (secondary N) is 1. The van der Waals surface area contributed by atoms with Crippen LogP contribution in [0.4, 0.5) is 14.5 Å². The van der Waals surface area contributed by atoms with Gasteiger partial charge in [0.25, 0.3) is 0 Å². The Hall–Kier alpha value is -2.02. The Morgan fingerprint density at radius 1 is 1.20 bits per heavy atom. The molecule has 7 heteroatoms. The van der Waals surface area contributed by atoms with Gasteiger partial charge in [-0.3, -0.25) is 0 Å². The fourth-order valence-corrected chi connectivity index (χ4v) is 2.13. The zero-order valence-electron chi connectivity index (χ0n) is 10.6. The molecule has 0 saturated heterocycles. The lowest BCUT2D eigenvalue weighted by atomic mass is 10.2. The summed E-state index contributed by atoms with van der Waals surface area (Å²) >= 11 is 0. The van der Waals surface area contributed by atoms with Crippen molar-refractivity contribution in [2.24, 2.45) is 0 Å². The highest BCUT2D eigenvalue weighted by molar-refractivity contribution is 7.90. The molecule has 1 heterocycles. The van der Waals surface area contributed by atoms with E-state index in [9.17, 15) is 17.2 Å². The minimum absolute atomic E-state index is 0.0315. The Balaban J connectivity index is 2.08. The van der Waals surface area contributed by atoms with E-state index in [2.05, 4.69) is 10.3 Å². The summed E-state index contributed by atoms with van der Waals surface area (Å²) in [6.45, 7) is 0.145. The lowest BCUT2D eigenvalue weighted by molar-refractivity contribution is 0.574. The molecule has 20 heavy (non-hydrogen) atoms. The molecular formula is C13H12F2N2O2S. The summed E-state index contributed by atoms with van der Waals surface area (Å²) in [5.74, 6) is -1.27. The first-order valence-corrected chi connectivity index (χ1v) is 7.59. The fourth-order valence-electron chi connectivity index (χ4n) is 1.57. The highest BCUT2D eigenvalue weighted by Gasteiger charge is 2.08. The van der Waals surface area contributed by atoms with E-state index in [1.54, 1.807) is 0 Å². The second-order valence-electron chi connectivity index (χ2n) is 4.25. The summed E-state index contributed by atoms with van der Waals surface area (Å²) < 4.78 is 48.6. The van der Waals surface area contributed by atoms with E-state index in [1.165, 1.54) is 30.5 Å². The van der Waals surface area contributed by atoms with Crippen molar-refractivity contribution in [1.82, 2.24) is 4.98 Å². The van der Waals surface area contributed by atoms with Gasteiger partial charge in [0.05, 0.1) is 11.9 Å². The summed E-state index contributed by atoms with van der Waals surface area (Å²) in [7, 11) is -3.34. The highest BCUT2D eigenvalue weighted by Crippen LogP contribution is 2.14. The smallest absolute Gasteiger partial charge is 0.192 e. The van der Waals surface area contributed by atoms with Gasteiger partial charge in [0, 0.05) is 24.4 Å². The molecule has 2 aromatic rings. The monoisotopic (exact) mass is 298 g/mol. The number of rotatable bonds is 4. The molecule has 0 atom stereocenters. The van der Waals surface area contributed by atoms with Crippen molar-refractivity contribution in [3.63, 3.8) is 0 Å². The maximum Gasteiger partial charge on any atom is 0.192 e. The lowest BCUT2D eigenvalue weighted by Gasteiger charge is -2.07. The van der Waals surface area contributed by atoms with Crippen LogP contribution in [0.5, 0.6) is 0 Å². The van der Waals surface area contributed by atoms with Gasteiger partial charge < -0.3 is 5.32 Å². The zero-order valence-corrected chi connectivity index (χ0v) is 11.4. The lowest BCUT2D eigenvalue weighted by Crippen LogP contribution is -2.04. The van der Waals surface area contributed by atoms with Crippen molar-refractivity contribution in [2.75, 3.05) is 11.6 Å². The van der Waals surface area contributed by atoms with Crippen LogP contribution in [0.15, 0.2) is 41.6 Å². The van der Waals surface area contributed by atoms with Crippen LogP contribution in [0.25, 0.3) is 0 Å². The first kappa shape index (κ1) is 14.4. The van der Waals surface area contributed by atoms with Gasteiger partial charge in [0.1, 0.15) is 11.6 Å². The van der Waals surface area contributed by atoms with Gasteiger partial charge >= 0.3 is 0 Å². The van der Waals surface area contributed by atoms with E-state index >= 15 is 0 Å². The predicted molar refractivity (Wildman–Crippen MR) is 71.0 cm³/mol. The average Bonchev–Trinajstić information content (AvgIpc) is 2.37. The molecule has 0 amide bonds. The standard InChI is InChI=1S/C13H12F2N2O2S/c1-20(18,19)13-5-4-11(8-17-13)16-7-9-2-3-10(14)6-12(9)15/h2-6,8,16H,7H2,1H3. The van der Waals surface area contributed by atoms with E-state index in [1.807, 2.05) is 0 Å². The molecule has 1 aromatic carbocycles. The van der Waals surface area contributed by atoms with Crippen LogP contribution in [-0.2, 0) is 16.4 Å². The van der Waals surface area contributed by atoms with Crippen molar-refractivity contribution in [3.8, 4) is 0 Å². The molecule has 0 unspecified atom stereocenters. The van der Waals surface area contributed by atoms with Crippen molar-refractivity contribution in [1.29, 1.82) is 0 Å². The molecule has 0 radical (unpaired) electrons. The molecule has 2 rings (SSSR count). The largest absolute Gasteiger partial charge is 0.380 e. The number of aromatic nitrogens is 1. The van der Waals surface area contributed by atoms with E-state index in [0.29, 0.717) is 11.3 Å². The number of benzene rings is 1. The van der Waals surface area contributed by atoms with Crippen LogP contribution in [0.2, 0.25) is 0 Å². The number of nitrogens with zero attached hydrogens (tertiary/aromatic N) is 1. The van der Waals surface area contributed by atoms with E-state index < -0.39 is 21.5 Å². The van der Waals surface area contributed by atoms with Crippen molar-refractivity contribution in [3.05, 3.63) is 53.7 Å². The quantitative estimate of drug-likeness (QED) is 0.941. The van der Waals surface area contributed by atoms with Gasteiger partial charge in [-0.1, -0.05) is 6.07 Å². The number of halogens is 2. The van der Waals surface area contributed by atoms with Gasteiger partial charge in [-0.15, -0.1) is 0 Å². The van der Waals surface area contributed by atoms with Crippen molar-refractivity contribution < 1.29 is 17.2 Å². The Labute approximate surface area is 115 Å². The molecule has 0 aliphatic carbocycles. The minimum atomic E-state index is -3.34. The first-order valence-electron chi connectivity index (χ1n) is 5.70. The normalized spacial score (nSPS) is 11.3. The maximum absolute atomic E-state index is 13.4. The molecule has 0 fully saturated rings. The van der Waals surface area contributed by atoms with Crippen molar-refractivity contribution in [2.45, 2.75) is 11.6 Å². The summed E-state index contributed by atoms with van der Waals surface area (Å²) in [6.07, 6.45) is 2.41. The Morgan fingerprint density at radius 2 is 1.95 bits per heavy atom. The summed E-state index contributed by atoms with van der Waals surface area (Å²) in [6, 6.07) is 6.21. The maximum atomic E-state index is 13.4. The van der Waals surface area contributed by atoms with Crippen LogP contribution in [0, 0.1) is 11.6 Å². The molecule has 0 spiro atoms. The molecule has 0 aliphatic rings. The first-order chi connectivity index (χ1) is 9.36. The van der Waals surface area contributed by atoms with Gasteiger partial charge in [0.2, 0.25) is 0 Å². The van der Waals surface area contributed by atoms with Gasteiger partial charge in [-0.25, -0.2) is 22.2 Å². The second-order valence-corrected chi connectivity index (χ2v) is 6.21. The van der Waals surface area contributed by atoms with E-state index in [0.717, 1.165) is 12.3 Å². The average molecular weight is 298 g/mol. The SMILES string of the molecule is CS(=O)(=O)c1ccc(NCc2ccc(F)cc2F)cn1. The molecule has 0 aliphatic heterocycles. The molecule has 1 aromatic heterocycles. The molecule has 0 bridgehead atoms. The number of pyridine rings is 1. The Bertz CT molecular complexity index is 716. The van der Waals surface area contributed by atoms with Crippen LogP contribution in [0.1, 0.15) is 5.56 Å². The third-order valence-electron chi connectivity index (χ3n) is 2.61. The van der Waals surface area contributed by atoms with Gasteiger partial charge in [-0.2, -0.15) is 0 Å². The third kappa shape index (κ3) is 3.51. The molecule has 0 saturated carbocycles. The summed E-state index contributed by atoms with van der Waals surface area (Å²) in [5.41, 5.74) is 0.847. The molecule has 1 N–H and O–H groups in total. The topological polar surface area (TPSA) is 59.1 Å². The van der Waals surface area contributed by atoms with Gasteiger partial charge in [-0.05, 0) is 18.2 Å². The van der Waals surface area contributed by atoms with Crippen LogP contribution in [-0.4, -0.2) is 19.7 Å². The molecule has 4 nitrogen and oxygen atoms in total. The predicted octanol–water partition coefficient (Wildman–Crippen LogP) is 2.38. The highest BCUT2D eigenvalue weighted by atomic mass is 32.2. The van der Waals surface area contributed by atoms with E-state index in [4.69, 9.17) is 0 Å². The number of sulfone groups is 1. The Kier molecular flexibility index (Phi) is 3.99. The number of hydrogen-bond donors (Lipinski definition) is 1. The van der Waals surface area contributed by atoms with Crippen LogP contribution >= 0.6 is 0 Å². The van der Waals surface area contributed by atoms with E-state index in [-0.39, 0.29) is 11.6 Å². The number of hydrogen-bond acceptors (Lipinski definition) is 4. The molecular weight excluding hydrogens is 286 g/mol. The summed E-state index contributed by atoms with van der Waals surface area (Å²) in [5, 5.41) is 2.85. The summed E-state index contributed by atoms with van der Waals surface area (Å²) in [4.78, 5) is 3.79. The Morgan fingerprint density at radius 3 is 2.50 bits per heavy atom. The third-order valence-corrected chi connectivity index (χ3v) is 3.62. The van der Waals surface area contributed by atoms with Gasteiger partial charge in [0.15, 0.2) is 14.9 Å². The molecule has 106 valence electrons. The van der Waals surface area contributed by atoms with Crippen LogP contribution < -0.4 is 5.32 Å². The minimum Gasteiger partial charge on any atom is -0.380 e. The fraction of sp³-hybridized carbons (Fsp3) is 0.154. The zero-order chi connectivity index (χ0) is 14.8.